The van der Waals surface area contributed by atoms with Gasteiger partial charge in [0, 0.05) is 61.2 Å². The third-order valence-corrected chi connectivity index (χ3v) is 11.3. The van der Waals surface area contributed by atoms with Crippen LogP contribution in [-0.2, 0) is 0 Å². The van der Waals surface area contributed by atoms with Crippen LogP contribution >= 0.6 is 0 Å². The molecule has 12 rings (SSSR count). The third kappa shape index (κ3) is 4.13. The van der Waals surface area contributed by atoms with Gasteiger partial charge in [-0.25, -0.2) is 4.98 Å². The van der Waals surface area contributed by atoms with E-state index in [2.05, 4.69) is 179 Å². The number of hydrogen-bond donors (Lipinski definition) is 0. The van der Waals surface area contributed by atoms with Gasteiger partial charge < -0.3 is 9.13 Å². The van der Waals surface area contributed by atoms with Crippen LogP contribution in [0.3, 0.4) is 0 Å². The minimum absolute atomic E-state index is 0.960. The van der Waals surface area contributed by atoms with Crippen molar-refractivity contribution in [2.45, 2.75) is 0 Å². The van der Waals surface area contributed by atoms with Crippen molar-refractivity contribution in [1.29, 1.82) is 0 Å². The monoisotopic (exact) mass is 686 g/mol. The van der Waals surface area contributed by atoms with Crippen LogP contribution in [0.4, 0.5) is 0 Å². The molecule has 11 aromatic rings. The molecule has 4 aromatic heterocycles. The molecule has 0 spiro atoms. The summed E-state index contributed by atoms with van der Waals surface area (Å²) in [6, 6.07) is 63.6. The molecule has 1 aliphatic rings. The molecule has 4 heteroatoms. The fraction of sp³-hybridized carbons (Fsp3) is 0. The molecule has 4 nitrogen and oxygen atoms in total. The van der Waals surface area contributed by atoms with Crippen molar-refractivity contribution < 1.29 is 0 Å². The quantitative estimate of drug-likeness (QED) is 0.185. The van der Waals surface area contributed by atoms with Crippen molar-refractivity contribution in [2.24, 2.45) is 0 Å². The number of aromatic nitrogens is 4. The highest BCUT2D eigenvalue weighted by Crippen LogP contribution is 2.46. The molecule has 0 saturated carbocycles. The predicted molar refractivity (Wildman–Crippen MR) is 224 cm³/mol. The minimum atomic E-state index is 0.960. The van der Waals surface area contributed by atoms with E-state index in [4.69, 9.17) is 9.97 Å². The lowest BCUT2D eigenvalue weighted by Gasteiger charge is -2.10. The normalized spacial score (nSPS) is 12.1. The van der Waals surface area contributed by atoms with Crippen LogP contribution in [0.5, 0.6) is 0 Å². The molecule has 0 N–H and O–H groups in total. The van der Waals surface area contributed by atoms with E-state index in [1.807, 2.05) is 12.3 Å². The summed E-state index contributed by atoms with van der Waals surface area (Å²) in [6.45, 7) is 0. The van der Waals surface area contributed by atoms with Gasteiger partial charge in [0.15, 0.2) is 0 Å². The van der Waals surface area contributed by atoms with E-state index in [-0.39, 0.29) is 0 Å². The Balaban J connectivity index is 1.05. The van der Waals surface area contributed by atoms with Gasteiger partial charge in [0.25, 0.3) is 0 Å². The molecule has 0 amide bonds. The lowest BCUT2D eigenvalue weighted by Crippen LogP contribution is -1.94. The Kier molecular flexibility index (Phi) is 6.02. The summed E-state index contributed by atoms with van der Waals surface area (Å²) in [7, 11) is 0. The Bertz CT molecular complexity index is 3320. The summed E-state index contributed by atoms with van der Waals surface area (Å²) in [6.07, 6.45) is 1.87. The van der Waals surface area contributed by atoms with Crippen LogP contribution in [0.25, 0.3) is 111 Å². The molecular formula is C50H30N4. The van der Waals surface area contributed by atoms with E-state index < -0.39 is 0 Å². The highest BCUT2D eigenvalue weighted by atomic mass is 15.0. The molecule has 0 radical (unpaired) electrons. The standard InChI is InChI=1S/C50H30N4/c1-3-12-35(13-4-1)53-44-19-8-7-16-37(44)41-27-31(21-24-45(41)53)32-22-25-46-42(28-32)38-23-20-33(30-47(38)54(46)36-14-5-2-6-15-36)43-29-34-11-9-17-39-48(34)50(52-43)40-18-10-26-51-49(39)40/h1-30H. The molecule has 250 valence electrons. The maximum Gasteiger partial charge on any atom is 0.0816 e. The van der Waals surface area contributed by atoms with Crippen LogP contribution in [0, 0.1) is 0 Å². The first kappa shape index (κ1) is 29.3. The molecular weight excluding hydrogens is 657 g/mol. The van der Waals surface area contributed by atoms with Gasteiger partial charge in [-0.05, 0) is 95.4 Å². The van der Waals surface area contributed by atoms with Crippen LogP contribution < -0.4 is 0 Å². The first-order chi connectivity index (χ1) is 26.8. The van der Waals surface area contributed by atoms with Gasteiger partial charge in [-0.3, -0.25) is 4.98 Å². The van der Waals surface area contributed by atoms with Crippen LogP contribution in [0.1, 0.15) is 0 Å². The summed E-state index contributed by atoms with van der Waals surface area (Å²) < 4.78 is 4.77. The van der Waals surface area contributed by atoms with E-state index >= 15 is 0 Å². The van der Waals surface area contributed by atoms with E-state index in [9.17, 15) is 0 Å². The fourth-order valence-corrected chi connectivity index (χ4v) is 8.88. The molecule has 0 atom stereocenters. The Morgan fingerprint density at radius 3 is 1.72 bits per heavy atom. The average Bonchev–Trinajstić information content (AvgIpc) is 3.87. The smallest absolute Gasteiger partial charge is 0.0816 e. The number of benzene rings is 7. The molecule has 0 bridgehead atoms. The van der Waals surface area contributed by atoms with Crippen LogP contribution in [0.2, 0.25) is 0 Å². The van der Waals surface area contributed by atoms with Crippen molar-refractivity contribution in [3.8, 4) is 56.3 Å². The topological polar surface area (TPSA) is 35.6 Å². The van der Waals surface area contributed by atoms with E-state index in [1.165, 1.54) is 65.7 Å². The lowest BCUT2D eigenvalue weighted by molar-refractivity contribution is 1.18. The highest BCUT2D eigenvalue weighted by molar-refractivity contribution is 6.15. The molecule has 0 aliphatic heterocycles. The van der Waals surface area contributed by atoms with Crippen LogP contribution in [-0.4, -0.2) is 19.1 Å². The van der Waals surface area contributed by atoms with Crippen LogP contribution in [0.15, 0.2) is 182 Å². The van der Waals surface area contributed by atoms with Crippen molar-refractivity contribution in [3.05, 3.63) is 182 Å². The molecule has 1 aliphatic carbocycles. The lowest BCUT2D eigenvalue weighted by atomic mass is 10.00. The van der Waals surface area contributed by atoms with E-state index in [0.29, 0.717) is 0 Å². The Hall–Kier alpha value is -7.30. The highest BCUT2D eigenvalue weighted by Gasteiger charge is 2.25. The maximum absolute atomic E-state index is 5.32. The summed E-state index contributed by atoms with van der Waals surface area (Å²) in [4.78, 5) is 10.1. The summed E-state index contributed by atoms with van der Waals surface area (Å²) in [5, 5.41) is 7.31. The Morgan fingerprint density at radius 2 is 0.981 bits per heavy atom. The van der Waals surface area contributed by atoms with Crippen molar-refractivity contribution >= 4 is 54.4 Å². The van der Waals surface area contributed by atoms with Crippen molar-refractivity contribution in [3.63, 3.8) is 0 Å². The van der Waals surface area contributed by atoms with Gasteiger partial charge in [-0.15, -0.1) is 0 Å². The zero-order valence-corrected chi connectivity index (χ0v) is 29.1. The molecule has 0 fully saturated rings. The second-order valence-corrected chi connectivity index (χ2v) is 14.2. The van der Waals surface area contributed by atoms with Gasteiger partial charge >= 0.3 is 0 Å². The van der Waals surface area contributed by atoms with Crippen molar-refractivity contribution in [2.75, 3.05) is 0 Å². The fourth-order valence-electron chi connectivity index (χ4n) is 8.88. The second kappa shape index (κ2) is 11.1. The molecule has 4 heterocycles. The molecule has 54 heavy (non-hydrogen) atoms. The van der Waals surface area contributed by atoms with Gasteiger partial charge in [-0.1, -0.05) is 97.1 Å². The maximum atomic E-state index is 5.32. The summed E-state index contributed by atoms with van der Waals surface area (Å²) in [5.41, 5.74) is 15.8. The second-order valence-electron chi connectivity index (χ2n) is 14.2. The van der Waals surface area contributed by atoms with Crippen molar-refractivity contribution in [1.82, 2.24) is 19.1 Å². The molecule has 7 aromatic carbocycles. The predicted octanol–water partition coefficient (Wildman–Crippen LogP) is 12.8. The summed E-state index contributed by atoms with van der Waals surface area (Å²) in [5.74, 6) is 0. The SMILES string of the molecule is c1ccc(-n2c3ccccc3c3cc(-c4ccc5c(c4)c4ccc(-c6cc7cccc8c7c(n6)-c6cccnc6-8)cc4n5-c4ccccc4)ccc32)cc1. The van der Waals surface area contributed by atoms with Gasteiger partial charge in [-0.2, -0.15) is 0 Å². The van der Waals surface area contributed by atoms with Gasteiger partial charge in [0.1, 0.15) is 0 Å². The number of pyridine rings is 2. The number of hydrogen-bond acceptors (Lipinski definition) is 2. The first-order valence-electron chi connectivity index (χ1n) is 18.4. The Labute approximate surface area is 310 Å². The number of rotatable bonds is 4. The summed E-state index contributed by atoms with van der Waals surface area (Å²) >= 11 is 0. The third-order valence-electron chi connectivity index (χ3n) is 11.3. The van der Waals surface area contributed by atoms with Gasteiger partial charge in [0.2, 0.25) is 0 Å². The Morgan fingerprint density at radius 1 is 0.370 bits per heavy atom. The number of fused-ring (bicyclic) bond motifs is 9. The number of para-hydroxylation sites is 3. The first-order valence-corrected chi connectivity index (χ1v) is 18.4. The number of nitrogens with zero attached hydrogens (tertiary/aromatic N) is 4. The molecule has 0 saturated heterocycles. The zero-order chi connectivity index (χ0) is 35.3. The largest absolute Gasteiger partial charge is 0.309 e. The van der Waals surface area contributed by atoms with E-state index in [0.717, 1.165) is 45.0 Å². The zero-order valence-electron chi connectivity index (χ0n) is 29.1. The van der Waals surface area contributed by atoms with E-state index in [1.54, 1.807) is 0 Å². The average molecular weight is 687 g/mol. The minimum Gasteiger partial charge on any atom is -0.309 e. The van der Waals surface area contributed by atoms with Gasteiger partial charge in [0.05, 0.1) is 39.1 Å². The molecule has 0 unspecified atom stereocenters.